The van der Waals surface area contributed by atoms with Gasteiger partial charge in [-0.2, -0.15) is 0 Å². The first kappa shape index (κ1) is 21.4. The molecule has 0 radical (unpaired) electrons. The zero-order chi connectivity index (χ0) is 18.5. The van der Waals surface area contributed by atoms with Gasteiger partial charge in [0.1, 0.15) is 17.5 Å². The third-order valence-corrected chi connectivity index (χ3v) is 2.66. The number of anilines is 3. The highest BCUT2D eigenvalue weighted by molar-refractivity contribution is 5.66. The lowest BCUT2D eigenvalue weighted by atomic mass is 10.2. The Morgan fingerprint density at radius 2 is 1.67 bits per heavy atom. The van der Waals surface area contributed by atoms with E-state index in [1.807, 2.05) is 46.8 Å². The van der Waals surface area contributed by atoms with Crippen LogP contribution in [0.3, 0.4) is 0 Å². The van der Waals surface area contributed by atoms with Gasteiger partial charge in [-0.05, 0) is 36.8 Å². The lowest BCUT2D eigenvalue weighted by molar-refractivity contribution is 0.627. The molecule has 0 aliphatic rings. The highest BCUT2D eigenvalue weighted by Crippen LogP contribution is 2.20. The van der Waals surface area contributed by atoms with E-state index in [0.29, 0.717) is 18.2 Å². The van der Waals surface area contributed by atoms with Crippen molar-refractivity contribution < 1.29 is 4.39 Å². The van der Waals surface area contributed by atoms with Crippen molar-refractivity contribution in [3.8, 4) is 0 Å². The fraction of sp³-hybridized carbons (Fsp3) is 0.316. The molecule has 2 rings (SSSR count). The van der Waals surface area contributed by atoms with Gasteiger partial charge in [-0.25, -0.2) is 9.37 Å². The van der Waals surface area contributed by atoms with Gasteiger partial charge in [0.2, 0.25) is 0 Å². The van der Waals surface area contributed by atoms with Gasteiger partial charge in [0.05, 0.1) is 5.69 Å². The number of hydrogen-bond donors (Lipinski definition) is 3. The average Bonchev–Trinajstić information content (AvgIpc) is 2.60. The zero-order valence-corrected chi connectivity index (χ0v) is 15.3. The molecule has 0 aliphatic heterocycles. The van der Waals surface area contributed by atoms with E-state index in [9.17, 15) is 4.39 Å². The van der Waals surface area contributed by atoms with Gasteiger partial charge < -0.3 is 16.4 Å². The fourth-order valence-electron chi connectivity index (χ4n) is 1.70. The van der Waals surface area contributed by atoms with Gasteiger partial charge in [-0.15, -0.1) is 0 Å². The van der Waals surface area contributed by atoms with Crippen molar-refractivity contribution in [3.63, 3.8) is 0 Å². The molecule has 1 aromatic carbocycles. The van der Waals surface area contributed by atoms with E-state index in [1.54, 1.807) is 12.1 Å². The monoisotopic (exact) mass is 332 g/mol. The van der Waals surface area contributed by atoms with E-state index in [4.69, 9.17) is 5.73 Å². The molecule has 0 unspecified atom stereocenters. The van der Waals surface area contributed by atoms with Gasteiger partial charge in [0.25, 0.3) is 0 Å². The van der Waals surface area contributed by atoms with Crippen molar-refractivity contribution >= 4 is 17.3 Å². The molecular formula is C19H29FN4. The Balaban J connectivity index is 0.00000123. The van der Waals surface area contributed by atoms with Crippen LogP contribution in [0.15, 0.2) is 48.7 Å². The number of nitrogens with zero attached hydrogens (tertiary/aromatic N) is 1. The largest absolute Gasteiger partial charge is 0.382 e. The van der Waals surface area contributed by atoms with Crippen LogP contribution in [0.1, 0.15) is 40.2 Å². The summed E-state index contributed by atoms with van der Waals surface area (Å²) in [6.45, 7) is 14.2. The highest BCUT2D eigenvalue weighted by atomic mass is 19.1. The van der Waals surface area contributed by atoms with E-state index in [2.05, 4.69) is 22.2 Å². The van der Waals surface area contributed by atoms with Crippen LogP contribution in [0.4, 0.5) is 21.7 Å². The lowest BCUT2D eigenvalue weighted by Gasteiger charge is -2.11. The number of nitrogens with two attached hydrogens (primary N) is 1. The molecule has 4 nitrogen and oxygen atoms in total. The Bertz CT molecular complexity index is 609. The van der Waals surface area contributed by atoms with Gasteiger partial charge in [-0.3, -0.25) is 0 Å². The molecule has 0 saturated heterocycles. The minimum atomic E-state index is -0.244. The summed E-state index contributed by atoms with van der Waals surface area (Å²) in [4.78, 5) is 4.25. The Morgan fingerprint density at radius 1 is 1.08 bits per heavy atom. The number of nitrogen functional groups attached to an aromatic ring is 1. The van der Waals surface area contributed by atoms with E-state index in [-0.39, 0.29) is 5.82 Å². The summed E-state index contributed by atoms with van der Waals surface area (Å²) in [6.07, 6.45) is 0. The molecule has 0 aliphatic carbocycles. The number of pyridine rings is 1. The maximum absolute atomic E-state index is 12.8. The van der Waals surface area contributed by atoms with E-state index in [0.717, 1.165) is 16.9 Å². The number of allylic oxidation sites excluding steroid dienone is 1. The molecule has 0 bridgehead atoms. The van der Waals surface area contributed by atoms with E-state index < -0.39 is 0 Å². The fourth-order valence-corrected chi connectivity index (χ4v) is 1.70. The molecule has 4 N–H and O–H groups in total. The number of nitrogens with one attached hydrogen (secondary N) is 2. The van der Waals surface area contributed by atoms with Crippen molar-refractivity contribution in [2.24, 2.45) is 0 Å². The van der Waals surface area contributed by atoms with Crippen LogP contribution in [0.2, 0.25) is 0 Å². The summed E-state index contributed by atoms with van der Waals surface area (Å²) in [5.41, 5.74) is 8.35. The third kappa shape index (κ3) is 7.63. The summed E-state index contributed by atoms with van der Waals surface area (Å²) >= 11 is 0. The molecule has 0 amide bonds. The predicted octanol–water partition coefficient (Wildman–Crippen LogP) is 5.41. The third-order valence-electron chi connectivity index (χ3n) is 2.66. The molecule has 0 saturated carbocycles. The summed E-state index contributed by atoms with van der Waals surface area (Å²) < 4.78 is 12.8. The molecule has 0 fully saturated rings. The highest BCUT2D eigenvalue weighted by Gasteiger charge is 2.02. The minimum absolute atomic E-state index is 0.244. The van der Waals surface area contributed by atoms with Crippen LogP contribution in [-0.2, 0) is 6.54 Å². The SMILES string of the molecule is C=C(C)Nc1ccc(NCc2ccc(F)cc2)nc1N.CC.CC. The van der Waals surface area contributed by atoms with Crippen LogP contribution >= 0.6 is 0 Å². The summed E-state index contributed by atoms with van der Waals surface area (Å²) in [5.74, 6) is 0.822. The number of halogens is 1. The lowest BCUT2D eigenvalue weighted by Crippen LogP contribution is -2.05. The van der Waals surface area contributed by atoms with Crippen molar-refractivity contribution in [2.75, 3.05) is 16.4 Å². The molecule has 5 heteroatoms. The topological polar surface area (TPSA) is 63.0 Å². The molecule has 0 spiro atoms. The standard InChI is InChI=1S/C15H17FN4.2C2H6/c1-10(2)19-13-7-8-14(20-15(13)17)18-9-11-3-5-12(16)6-4-11;2*1-2/h3-8,19H,1,9H2,2H3,(H3,17,18,20);2*1-2H3. The van der Waals surface area contributed by atoms with E-state index in [1.165, 1.54) is 12.1 Å². The number of rotatable bonds is 5. The maximum Gasteiger partial charge on any atom is 0.149 e. The molecule has 1 aromatic heterocycles. The second kappa shape index (κ2) is 11.9. The van der Waals surface area contributed by atoms with Gasteiger partial charge in [0.15, 0.2) is 0 Å². The van der Waals surface area contributed by atoms with Crippen LogP contribution < -0.4 is 16.4 Å². The summed E-state index contributed by atoms with van der Waals surface area (Å²) in [5, 5.41) is 6.17. The smallest absolute Gasteiger partial charge is 0.149 e. The molecule has 24 heavy (non-hydrogen) atoms. The van der Waals surface area contributed by atoms with Crippen molar-refractivity contribution in [1.29, 1.82) is 0 Å². The first-order valence-corrected chi connectivity index (χ1v) is 8.22. The first-order valence-electron chi connectivity index (χ1n) is 8.22. The van der Waals surface area contributed by atoms with Crippen LogP contribution in [0.5, 0.6) is 0 Å². The Morgan fingerprint density at radius 3 is 2.17 bits per heavy atom. The maximum atomic E-state index is 12.8. The normalized spacial score (nSPS) is 8.92. The summed E-state index contributed by atoms with van der Waals surface area (Å²) in [7, 11) is 0. The zero-order valence-electron chi connectivity index (χ0n) is 15.3. The second-order valence-electron chi connectivity index (χ2n) is 4.51. The van der Waals surface area contributed by atoms with Crippen LogP contribution in [-0.4, -0.2) is 4.98 Å². The number of hydrogen-bond acceptors (Lipinski definition) is 4. The Labute approximate surface area is 145 Å². The molecular weight excluding hydrogens is 303 g/mol. The Kier molecular flexibility index (Phi) is 10.7. The van der Waals surface area contributed by atoms with Gasteiger partial charge in [0, 0.05) is 12.2 Å². The molecule has 1 heterocycles. The minimum Gasteiger partial charge on any atom is -0.382 e. The number of benzene rings is 1. The average molecular weight is 332 g/mol. The first-order chi connectivity index (χ1) is 11.5. The molecule has 0 atom stereocenters. The molecule has 132 valence electrons. The van der Waals surface area contributed by atoms with E-state index >= 15 is 0 Å². The van der Waals surface area contributed by atoms with Crippen molar-refractivity contribution in [3.05, 3.63) is 60.1 Å². The number of aromatic nitrogens is 1. The Hall–Kier alpha value is -2.56. The quantitative estimate of drug-likeness (QED) is 0.685. The molecule has 2 aromatic rings. The van der Waals surface area contributed by atoms with Crippen molar-refractivity contribution in [2.45, 2.75) is 41.2 Å². The predicted molar refractivity (Wildman–Crippen MR) is 104 cm³/mol. The summed E-state index contributed by atoms with van der Waals surface area (Å²) in [6, 6.07) is 9.97. The van der Waals surface area contributed by atoms with Gasteiger partial charge >= 0.3 is 0 Å². The van der Waals surface area contributed by atoms with Gasteiger partial charge in [-0.1, -0.05) is 46.4 Å². The van der Waals surface area contributed by atoms with Crippen LogP contribution in [0.25, 0.3) is 0 Å². The van der Waals surface area contributed by atoms with Crippen molar-refractivity contribution in [1.82, 2.24) is 4.98 Å². The second-order valence-corrected chi connectivity index (χ2v) is 4.51. The van der Waals surface area contributed by atoms with Crippen LogP contribution in [0, 0.1) is 5.82 Å².